The number of fused-ring (bicyclic) bond motifs is 2. The van der Waals surface area contributed by atoms with E-state index in [-0.39, 0.29) is 0 Å². The first-order valence-electron chi connectivity index (χ1n) is 10.6. The number of rotatable bonds is 4. The molecule has 1 aliphatic rings. The number of allylic oxidation sites excluding steroid dienone is 1. The van der Waals surface area contributed by atoms with Gasteiger partial charge < -0.3 is 9.72 Å². The van der Waals surface area contributed by atoms with E-state index in [0.29, 0.717) is 6.54 Å². The van der Waals surface area contributed by atoms with E-state index < -0.39 is 0 Å². The number of ether oxygens (including phenoxy) is 1. The van der Waals surface area contributed by atoms with Crippen LogP contribution in [0.4, 0.5) is 0 Å². The summed E-state index contributed by atoms with van der Waals surface area (Å²) in [6, 6.07) is 14.4. The summed E-state index contributed by atoms with van der Waals surface area (Å²) in [6.45, 7) is 0.587. The second-order valence-electron chi connectivity index (χ2n) is 7.83. The monoisotopic (exact) mass is 432 g/mol. The van der Waals surface area contributed by atoms with Crippen LogP contribution in [-0.4, -0.2) is 38.5 Å². The highest BCUT2D eigenvalue weighted by atomic mass is 16.5. The summed E-state index contributed by atoms with van der Waals surface area (Å²) in [4.78, 5) is 16.5. The van der Waals surface area contributed by atoms with E-state index in [1.165, 1.54) is 0 Å². The van der Waals surface area contributed by atoms with Crippen LogP contribution in [0.25, 0.3) is 39.0 Å². The number of methoxy groups -OCH3 is 1. The van der Waals surface area contributed by atoms with Crippen LogP contribution in [0.2, 0.25) is 0 Å². The van der Waals surface area contributed by atoms with Crippen molar-refractivity contribution in [1.29, 1.82) is 0 Å². The molecule has 5 heterocycles. The van der Waals surface area contributed by atoms with Crippen molar-refractivity contribution in [2.75, 3.05) is 7.11 Å². The third-order valence-corrected chi connectivity index (χ3v) is 5.88. The zero-order valence-electron chi connectivity index (χ0n) is 17.9. The van der Waals surface area contributed by atoms with Gasteiger partial charge in [0, 0.05) is 47.0 Å². The lowest BCUT2D eigenvalue weighted by Crippen LogP contribution is -1.90. The first kappa shape index (κ1) is 19.2. The molecular weight excluding hydrogens is 412 g/mol. The van der Waals surface area contributed by atoms with Gasteiger partial charge >= 0.3 is 0 Å². The second-order valence-corrected chi connectivity index (χ2v) is 7.83. The quantitative estimate of drug-likeness (QED) is 0.416. The summed E-state index contributed by atoms with van der Waals surface area (Å²) in [5, 5.41) is 8.83. The topological polar surface area (TPSA) is 91.8 Å². The number of hydrogen-bond acceptors (Lipinski definition) is 5. The number of hydrogen-bond donors (Lipinski definition) is 2. The number of pyridine rings is 2. The van der Waals surface area contributed by atoms with Gasteiger partial charge in [-0.2, -0.15) is 5.10 Å². The van der Waals surface area contributed by atoms with Crippen LogP contribution in [0.5, 0.6) is 5.75 Å². The molecule has 0 unspecified atom stereocenters. The van der Waals surface area contributed by atoms with Crippen molar-refractivity contribution in [3.8, 4) is 28.3 Å². The molecule has 1 aromatic carbocycles. The standard InChI is InChI=1S/C26H20N6O/c1-33-19-10-18(13-29-14-19)17-2-3-23-22(11-17)26(32-31-23)24-12-21-20(16-4-7-27-8-5-16)6-9-28-15-25(21)30-24/h2-14,30H,15H2,1H3,(H,31,32). The van der Waals surface area contributed by atoms with Crippen molar-refractivity contribution < 1.29 is 4.74 Å². The molecule has 33 heavy (non-hydrogen) atoms. The van der Waals surface area contributed by atoms with Gasteiger partial charge in [0.15, 0.2) is 0 Å². The van der Waals surface area contributed by atoms with Crippen molar-refractivity contribution in [2.45, 2.75) is 6.54 Å². The van der Waals surface area contributed by atoms with Gasteiger partial charge in [-0.1, -0.05) is 6.07 Å². The summed E-state index contributed by atoms with van der Waals surface area (Å²) < 4.78 is 5.34. The van der Waals surface area contributed by atoms with Crippen molar-refractivity contribution in [1.82, 2.24) is 25.1 Å². The minimum Gasteiger partial charge on any atom is -0.495 e. The molecule has 7 nitrogen and oxygen atoms in total. The summed E-state index contributed by atoms with van der Waals surface area (Å²) >= 11 is 0. The first-order chi connectivity index (χ1) is 16.3. The van der Waals surface area contributed by atoms with Crippen LogP contribution < -0.4 is 4.74 Å². The Bertz CT molecular complexity index is 1530. The van der Waals surface area contributed by atoms with Crippen LogP contribution in [0.3, 0.4) is 0 Å². The van der Waals surface area contributed by atoms with Crippen molar-refractivity contribution in [3.05, 3.63) is 90.1 Å². The third kappa shape index (κ3) is 3.40. The van der Waals surface area contributed by atoms with Crippen LogP contribution in [-0.2, 0) is 6.54 Å². The minimum atomic E-state index is 0.587. The van der Waals surface area contributed by atoms with E-state index in [9.17, 15) is 0 Å². The normalized spacial score (nSPS) is 12.9. The van der Waals surface area contributed by atoms with E-state index >= 15 is 0 Å². The molecule has 0 saturated heterocycles. The van der Waals surface area contributed by atoms with Gasteiger partial charge in [0.25, 0.3) is 0 Å². The van der Waals surface area contributed by atoms with Gasteiger partial charge in [-0.3, -0.25) is 20.1 Å². The molecule has 160 valence electrons. The van der Waals surface area contributed by atoms with Gasteiger partial charge in [0.2, 0.25) is 0 Å². The summed E-state index contributed by atoms with van der Waals surface area (Å²) in [5.41, 5.74) is 9.22. The zero-order valence-corrected chi connectivity index (χ0v) is 17.9. The van der Waals surface area contributed by atoms with Crippen molar-refractivity contribution in [3.63, 3.8) is 0 Å². The second kappa shape index (κ2) is 7.87. The Morgan fingerprint density at radius 1 is 0.909 bits per heavy atom. The SMILES string of the molecule is COc1cncc(-c2ccc3[nH]nc(-c4cc5c([nH]4)CN=CC=C5c4ccncc4)c3c2)c1. The first-order valence-corrected chi connectivity index (χ1v) is 10.6. The van der Waals surface area contributed by atoms with Gasteiger partial charge in [0.1, 0.15) is 11.4 Å². The predicted molar refractivity (Wildman–Crippen MR) is 129 cm³/mol. The minimum absolute atomic E-state index is 0.587. The number of aromatic nitrogens is 5. The van der Waals surface area contributed by atoms with E-state index in [1.54, 1.807) is 13.3 Å². The molecule has 0 bridgehead atoms. The molecule has 0 aliphatic carbocycles. The maximum absolute atomic E-state index is 5.34. The van der Waals surface area contributed by atoms with E-state index in [4.69, 9.17) is 4.74 Å². The molecule has 0 spiro atoms. The lowest BCUT2D eigenvalue weighted by Gasteiger charge is -2.05. The summed E-state index contributed by atoms with van der Waals surface area (Å²) in [6.07, 6.45) is 11.1. The molecule has 4 aromatic heterocycles. The van der Waals surface area contributed by atoms with Gasteiger partial charge in [0.05, 0.1) is 31.1 Å². The predicted octanol–water partition coefficient (Wildman–Crippen LogP) is 5.04. The van der Waals surface area contributed by atoms with E-state index in [1.807, 2.05) is 49.1 Å². The smallest absolute Gasteiger partial charge is 0.137 e. The maximum atomic E-state index is 5.34. The lowest BCUT2D eigenvalue weighted by molar-refractivity contribution is 0.413. The average molecular weight is 432 g/mol. The molecule has 7 heteroatoms. The molecule has 2 N–H and O–H groups in total. The number of benzene rings is 1. The molecule has 0 saturated carbocycles. The Morgan fingerprint density at radius 2 is 1.82 bits per heavy atom. The summed E-state index contributed by atoms with van der Waals surface area (Å²) in [5.74, 6) is 0.726. The van der Waals surface area contributed by atoms with Crippen LogP contribution in [0, 0.1) is 0 Å². The average Bonchev–Trinajstić information content (AvgIpc) is 3.43. The largest absolute Gasteiger partial charge is 0.495 e. The molecule has 6 rings (SSSR count). The van der Waals surface area contributed by atoms with Gasteiger partial charge in [-0.15, -0.1) is 0 Å². The fourth-order valence-electron chi connectivity index (χ4n) is 4.22. The summed E-state index contributed by atoms with van der Waals surface area (Å²) in [7, 11) is 1.64. The fourth-order valence-corrected chi connectivity index (χ4v) is 4.22. The number of nitrogens with one attached hydrogen (secondary N) is 2. The molecular formula is C26H20N6O. The van der Waals surface area contributed by atoms with Gasteiger partial charge in [-0.05, 0) is 59.2 Å². The third-order valence-electron chi connectivity index (χ3n) is 5.88. The number of aliphatic imine (C=N–C) groups is 1. The molecule has 0 atom stereocenters. The number of H-pyrrole nitrogens is 2. The lowest BCUT2D eigenvalue weighted by atomic mass is 9.98. The Labute approximate surface area is 189 Å². The van der Waals surface area contributed by atoms with Crippen molar-refractivity contribution >= 4 is 22.7 Å². The highest BCUT2D eigenvalue weighted by molar-refractivity contribution is 5.97. The fraction of sp³-hybridized carbons (Fsp3) is 0.0769. The molecule has 1 aliphatic heterocycles. The molecule has 5 aromatic rings. The van der Waals surface area contributed by atoms with Crippen LogP contribution in [0.15, 0.2) is 78.3 Å². The highest BCUT2D eigenvalue weighted by Crippen LogP contribution is 2.35. The molecule has 0 amide bonds. The maximum Gasteiger partial charge on any atom is 0.137 e. The van der Waals surface area contributed by atoms with Crippen molar-refractivity contribution in [2.24, 2.45) is 4.99 Å². The van der Waals surface area contributed by atoms with E-state index in [0.717, 1.165) is 61.6 Å². The molecule has 0 radical (unpaired) electrons. The molecule has 0 fully saturated rings. The number of nitrogens with zero attached hydrogens (tertiary/aromatic N) is 4. The van der Waals surface area contributed by atoms with Gasteiger partial charge in [-0.25, -0.2) is 0 Å². The highest BCUT2D eigenvalue weighted by Gasteiger charge is 2.19. The Morgan fingerprint density at radius 3 is 2.70 bits per heavy atom. The van der Waals surface area contributed by atoms with Crippen LogP contribution in [0.1, 0.15) is 16.8 Å². The Hall–Kier alpha value is -4.52. The Balaban J connectivity index is 1.46. The Kier molecular flexibility index (Phi) is 4.58. The van der Waals surface area contributed by atoms with Crippen LogP contribution >= 0.6 is 0 Å². The van der Waals surface area contributed by atoms with E-state index in [2.05, 4.69) is 54.4 Å². The zero-order chi connectivity index (χ0) is 22.2. The number of aromatic amines is 2.